The third-order valence-electron chi connectivity index (χ3n) is 3.36. The van der Waals surface area contributed by atoms with Gasteiger partial charge in [-0.2, -0.15) is 0 Å². The lowest BCUT2D eigenvalue weighted by molar-refractivity contribution is 0.149. The summed E-state index contributed by atoms with van der Waals surface area (Å²) in [6.45, 7) is 8.04. The molecule has 1 aliphatic heterocycles. The summed E-state index contributed by atoms with van der Waals surface area (Å²) in [6, 6.07) is 6.35. The lowest BCUT2D eigenvalue weighted by atomic mass is 9.95. The predicted molar refractivity (Wildman–Crippen MR) is 73.0 cm³/mol. The van der Waals surface area contributed by atoms with Crippen molar-refractivity contribution in [3.63, 3.8) is 0 Å². The third-order valence-corrected chi connectivity index (χ3v) is 3.36. The standard InChI is InChI=1S/C15H23NO2/c1-11-4-5-14-12(6-11)7-13(18-14)8-16-9-15(2,3)10-17/h4-6,13,16-17H,7-10H2,1-3H3. The molecule has 100 valence electrons. The van der Waals surface area contributed by atoms with Crippen LogP contribution in [0.5, 0.6) is 5.75 Å². The lowest BCUT2D eigenvalue weighted by Gasteiger charge is -2.23. The number of fused-ring (bicyclic) bond motifs is 1. The fourth-order valence-corrected chi connectivity index (χ4v) is 2.19. The van der Waals surface area contributed by atoms with E-state index in [2.05, 4.69) is 30.4 Å². The first-order chi connectivity index (χ1) is 8.50. The third kappa shape index (κ3) is 3.24. The van der Waals surface area contributed by atoms with E-state index in [0.717, 1.165) is 25.3 Å². The zero-order chi connectivity index (χ0) is 13.2. The molecule has 0 saturated carbocycles. The summed E-state index contributed by atoms with van der Waals surface area (Å²) in [7, 11) is 0. The quantitative estimate of drug-likeness (QED) is 0.837. The van der Waals surface area contributed by atoms with Crippen molar-refractivity contribution in [2.45, 2.75) is 33.3 Å². The molecule has 1 aromatic rings. The van der Waals surface area contributed by atoms with Crippen molar-refractivity contribution in [2.75, 3.05) is 19.7 Å². The van der Waals surface area contributed by atoms with Crippen LogP contribution in [0, 0.1) is 12.3 Å². The maximum atomic E-state index is 9.19. The Labute approximate surface area is 109 Å². The highest BCUT2D eigenvalue weighted by Crippen LogP contribution is 2.29. The van der Waals surface area contributed by atoms with Crippen LogP contribution >= 0.6 is 0 Å². The van der Waals surface area contributed by atoms with Crippen LogP contribution in [-0.4, -0.2) is 30.9 Å². The molecular weight excluding hydrogens is 226 g/mol. The van der Waals surface area contributed by atoms with Gasteiger partial charge in [0, 0.05) is 31.5 Å². The van der Waals surface area contributed by atoms with Crippen LogP contribution in [0.3, 0.4) is 0 Å². The van der Waals surface area contributed by atoms with Gasteiger partial charge in [-0.25, -0.2) is 0 Å². The van der Waals surface area contributed by atoms with Gasteiger partial charge >= 0.3 is 0 Å². The number of benzene rings is 1. The SMILES string of the molecule is Cc1ccc2c(c1)CC(CNCC(C)(C)CO)O2. The van der Waals surface area contributed by atoms with E-state index in [-0.39, 0.29) is 18.1 Å². The second kappa shape index (κ2) is 5.29. The number of rotatable bonds is 5. The minimum atomic E-state index is -0.0674. The first kappa shape index (κ1) is 13.4. The molecule has 0 saturated heterocycles. The summed E-state index contributed by atoms with van der Waals surface area (Å²) in [5, 5.41) is 12.6. The molecule has 2 N–H and O–H groups in total. The predicted octanol–water partition coefficient (Wildman–Crippen LogP) is 1.91. The second-order valence-corrected chi connectivity index (χ2v) is 6.01. The second-order valence-electron chi connectivity index (χ2n) is 6.01. The first-order valence-electron chi connectivity index (χ1n) is 6.58. The minimum absolute atomic E-state index is 0.0674. The summed E-state index contributed by atoms with van der Waals surface area (Å²) in [6.07, 6.45) is 1.19. The van der Waals surface area contributed by atoms with E-state index in [1.807, 2.05) is 13.8 Å². The molecule has 3 heteroatoms. The molecule has 0 amide bonds. The molecule has 1 heterocycles. The smallest absolute Gasteiger partial charge is 0.123 e. The van der Waals surface area contributed by atoms with Gasteiger partial charge < -0.3 is 15.2 Å². The average Bonchev–Trinajstić information content (AvgIpc) is 2.70. The van der Waals surface area contributed by atoms with E-state index in [4.69, 9.17) is 4.74 Å². The number of aliphatic hydroxyl groups is 1. The number of aryl methyl sites for hydroxylation is 1. The van der Waals surface area contributed by atoms with Crippen molar-refractivity contribution in [1.29, 1.82) is 0 Å². The van der Waals surface area contributed by atoms with Crippen molar-refractivity contribution in [3.8, 4) is 5.75 Å². The van der Waals surface area contributed by atoms with Crippen LogP contribution in [0.25, 0.3) is 0 Å². The summed E-state index contributed by atoms with van der Waals surface area (Å²) < 4.78 is 5.89. The Morgan fingerprint density at radius 1 is 1.44 bits per heavy atom. The highest BCUT2D eigenvalue weighted by Gasteiger charge is 2.23. The first-order valence-corrected chi connectivity index (χ1v) is 6.58. The molecule has 0 aliphatic carbocycles. The largest absolute Gasteiger partial charge is 0.488 e. The Balaban J connectivity index is 1.81. The van der Waals surface area contributed by atoms with Crippen LogP contribution in [0.1, 0.15) is 25.0 Å². The molecule has 1 aliphatic rings. The molecule has 0 radical (unpaired) electrons. The monoisotopic (exact) mass is 249 g/mol. The zero-order valence-electron chi connectivity index (χ0n) is 11.5. The van der Waals surface area contributed by atoms with Crippen LogP contribution < -0.4 is 10.1 Å². The van der Waals surface area contributed by atoms with E-state index >= 15 is 0 Å². The van der Waals surface area contributed by atoms with Crippen molar-refractivity contribution in [2.24, 2.45) is 5.41 Å². The average molecular weight is 249 g/mol. The summed E-state index contributed by atoms with van der Waals surface area (Å²) >= 11 is 0. The number of aliphatic hydroxyl groups excluding tert-OH is 1. The van der Waals surface area contributed by atoms with Crippen LogP contribution in [-0.2, 0) is 6.42 Å². The van der Waals surface area contributed by atoms with E-state index < -0.39 is 0 Å². The molecule has 1 unspecified atom stereocenters. The molecule has 3 nitrogen and oxygen atoms in total. The normalized spacial score (nSPS) is 18.6. The zero-order valence-corrected chi connectivity index (χ0v) is 11.5. The van der Waals surface area contributed by atoms with Gasteiger partial charge in [-0.1, -0.05) is 31.5 Å². The van der Waals surface area contributed by atoms with E-state index in [0.29, 0.717) is 0 Å². The summed E-state index contributed by atoms with van der Waals surface area (Å²) in [5.74, 6) is 1.02. The fraction of sp³-hybridized carbons (Fsp3) is 0.600. The maximum absolute atomic E-state index is 9.19. The highest BCUT2D eigenvalue weighted by molar-refractivity contribution is 5.40. The van der Waals surface area contributed by atoms with Gasteiger partial charge in [-0.3, -0.25) is 0 Å². The molecular formula is C15H23NO2. The molecule has 18 heavy (non-hydrogen) atoms. The van der Waals surface area contributed by atoms with Crippen LogP contribution in [0.2, 0.25) is 0 Å². The lowest BCUT2D eigenvalue weighted by Crippen LogP contribution is -2.37. The van der Waals surface area contributed by atoms with Crippen molar-refractivity contribution in [1.82, 2.24) is 5.32 Å². The molecule has 0 fully saturated rings. The number of nitrogens with one attached hydrogen (secondary N) is 1. The van der Waals surface area contributed by atoms with Crippen LogP contribution in [0.4, 0.5) is 0 Å². The Kier molecular flexibility index (Phi) is 3.93. The maximum Gasteiger partial charge on any atom is 0.123 e. The van der Waals surface area contributed by atoms with E-state index in [1.54, 1.807) is 0 Å². The number of hydrogen-bond donors (Lipinski definition) is 2. The molecule has 1 atom stereocenters. The van der Waals surface area contributed by atoms with Gasteiger partial charge in [0.2, 0.25) is 0 Å². The fourth-order valence-electron chi connectivity index (χ4n) is 2.19. The van der Waals surface area contributed by atoms with Gasteiger partial charge in [-0.05, 0) is 18.6 Å². The summed E-state index contributed by atoms with van der Waals surface area (Å²) in [4.78, 5) is 0. The highest BCUT2D eigenvalue weighted by atomic mass is 16.5. The van der Waals surface area contributed by atoms with Gasteiger partial charge in [-0.15, -0.1) is 0 Å². The van der Waals surface area contributed by atoms with Crippen molar-refractivity contribution in [3.05, 3.63) is 29.3 Å². The Bertz CT molecular complexity index is 415. The Morgan fingerprint density at radius 2 is 2.22 bits per heavy atom. The molecule has 1 aromatic carbocycles. The Morgan fingerprint density at radius 3 is 2.94 bits per heavy atom. The van der Waals surface area contributed by atoms with Gasteiger partial charge in [0.15, 0.2) is 0 Å². The summed E-state index contributed by atoms with van der Waals surface area (Å²) in [5.41, 5.74) is 2.53. The molecule has 0 aromatic heterocycles. The van der Waals surface area contributed by atoms with Crippen molar-refractivity contribution < 1.29 is 9.84 Å². The topological polar surface area (TPSA) is 41.5 Å². The van der Waals surface area contributed by atoms with Gasteiger partial charge in [0.25, 0.3) is 0 Å². The van der Waals surface area contributed by atoms with Crippen molar-refractivity contribution >= 4 is 0 Å². The number of ether oxygens (including phenoxy) is 1. The van der Waals surface area contributed by atoms with Gasteiger partial charge in [0.1, 0.15) is 11.9 Å². The molecule has 0 bridgehead atoms. The van der Waals surface area contributed by atoms with E-state index in [1.165, 1.54) is 11.1 Å². The van der Waals surface area contributed by atoms with Crippen LogP contribution in [0.15, 0.2) is 18.2 Å². The molecule has 2 rings (SSSR count). The minimum Gasteiger partial charge on any atom is -0.488 e. The van der Waals surface area contributed by atoms with Gasteiger partial charge in [0.05, 0.1) is 0 Å². The molecule has 0 spiro atoms. The number of hydrogen-bond acceptors (Lipinski definition) is 3. The Hall–Kier alpha value is -1.06. The van der Waals surface area contributed by atoms with E-state index in [9.17, 15) is 5.11 Å².